The topological polar surface area (TPSA) is 141 Å². The standard InChI is InChI=1S/C58H67FN8O6Si/c1-41-52(74(2,3)59)50(36-51(69)62(33-34-68)37-42-13-7-4-8-14-42)73-58(41)48-35-47(65-40-67(46-17-11-6-12-18-46)57(54(65)71)27-31-61-32-28-57)23-24-49(48)63(55(58)72)38-43-19-21-44(22-20-43)64-39-66(45-15-9-5-10-16-45)56(53(64)70)25-29-60-30-26-56/h4-24,35,41,50,52,60-61,68H,25-34,36-40H2,1-3H3/t41-,50+,52-,58+/m0/s1. The van der Waals surface area contributed by atoms with Crippen molar-refractivity contribution in [2.75, 3.05) is 77.2 Å². The molecule has 14 nitrogen and oxygen atoms in total. The molecule has 0 saturated carbocycles. The highest BCUT2D eigenvalue weighted by molar-refractivity contribution is 6.72. The van der Waals surface area contributed by atoms with Gasteiger partial charge in [0, 0.05) is 52.9 Å². The van der Waals surface area contributed by atoms with E-state index >= 15 is 13.7 Å². The molecular weight excluding hydrogens is 952 g/mol. The number of carbonyl (C=O) groups excluding carboxylic acids is 4. The largest absolute Gasteiger partial charge is 0.395 e. The number of amides is 4. The monoisotopic (exact) mass is 1020 g/mol. The first-order valence-electron chi connectivity index (χ1n) is 26.3. The SMILES string of the molecule is C[C@H]1[C@H]([Si](C)(C)F)[C@@H](CC(=O)N(CCO)Cc2ccccc2)O[C@]12C(=O)N(Cc1ccc(N3CN(c4ccccc4)C4(CCNCC4)C3=O)cc1)c1ccc(N3CN(c4ccccc4)C4(CCNCC4)C3=O)cc12. The second kappa shape index (κ2) is 19.7. The molecule has 4 amide bonds. The summed E-state index contributed by atoms with van der Waals surface area (Å²) in [6, 6.07) is 43.1. The van der Waals surface area contributed by atoms with Crippen LogP contribution in [0, 0.1) is 5.92 Å². The van der Waals surface area contributed by atoms with Gasteiger partial charge in [-0.05, 0) is 131 Å². The molecule has 5 aromatic carbocycles. The van der Waals surface area contributed by atoms with Gasteiger partial charge in [-0.3, -0.25) is 29.0 Å². The van der Waals surface area contributed by atoms with E-state index in [9.17, 15) is 14.7 Å². The molecule has 5 saturated heterocycles. The molecule has 3 N–H and O–H groups in total. The minimum absolute atomic E-state index is 0.0194. The van der Waals surface area contributed by atoms with E-state index in [1.807, 2.05) is 138 Å². The molecule has 6 aliphatic rings. The molecule has 5 aromatic rings. The molecular formula is C58H67FN8O6Si. The van der Waals surface area contributed by atoms with Crippen molar-refractivity contribution in [3.05, 3.63) is 150 Å². The summed E-state index contributed by atoms with van der Waals surface area (Å²) in [6.07, 6.45) is 1.49. The van der Waals surface area contributed by atoms with Crippen LogP contribution in [0.2, 0.25) is 18.6 Å². The predicted molar refractivity (Wildman–Crippen MR) is 288 cm³/mol. The van der Waals surface area contributed by atoms with Crippen LogP contribution >= 0.6 is 0 Å². The number of piperidine rings is 2. The fourth-order valence-corrected chi connectivity index (χ4v) is 15.9. The lowest BCUT2D eigenvalue weighted by molar-refractivity contribution is -0.150. The number of hydrogen-bond acceptors (Lipinski definition) is 10. The number of aliphatic hydroxyl groups is 1. The van der Waals surface area contributed by atoms with Crippen molar-refractivity contribution in [1.82, 2.24) is 15.5 Å². The van der Waals surface area contributed by atoms with Gasteiger partial charge in [0.25, 0.3) is 17.7 Å². The van der Waals surface area contributed by atoms with E-state index in [0.29, 0.717) is 69.0 Å². The Kier molecular flexibility index (Phi) is 13.2. The maximum absolute atomic E-state index is 17.2. The fraction of sp³-hybridized carbons (Fsp3) is 0.414. The molecule has 4 atom stereocenters. The zero-order chi connectivity index (χ0) is 51.4. The third kappa shape index (κ3) is 8.38. The van der Waals surface area contributed by atoms with Crippen LogP contribution in [0.4, 0.5) is 32.5 Å². The lowest BCUT2D eigenvalue weighted by atomic mass is 9.82. The quantitative estimate of drug-likeness (QED) is 0.0815. The Morgan fingerprint density at radius 2 is 1.20 bits per heavy atom. The molecule has 0 aliphatic carbocycles. The lowest BCUT2D eigenvalue weighted by Gasteiger charge is -2.39. The molecule has 386 valence electrons. The number of fused-ring (bicyclic) bond motifs is 2. The smallest absolute Gasteiger partial charge is 0.264 e. The number of anilines is 5. The highest BCUT2D eigenvalue weighted by atomic mass is 28.4. The second-order valence-electron chi connectivity index (χ2n) is 21.6. The first-order chi connectivity index (χ1) is 35.8. The maximum atomic E-state index is 17.2. The summed E-state index contributed by atoms with van der Waals surface area (Å²) in [5.74, 6) is -1.31. The summed E-state index contributed by atoms with van der Waals surface area (Å²) in [5.41, 5.74) is 2.26. The molecule has 3 spiro atoms. The van der Waals surface area contributed by atoms with Crippen molar-refractivity contribution < 1.29 is 33.1 Å². The fourth-order valence-electron chi connectivity index (χ4n) is 13.4. The number of halogens is 1. The van der Waals surface area contributed by atoms with E-state index in [4.69, 9.17) is 4.74 Å². The number of aliphatic hydroxyl groups excluding tert-OH is 1. The van der Waals surface area contributed by atoms with Crippen LogP contribution < -0.4 is 35.1 Å². The van der Waals surface area contributed by atoms with Crippen LogP contribution in [-0.2, 0) is 42.6 Å². The predicted octanol–water partition coefficient (Wildman–Crippen LogP) is 7.29. The number of hydrogen-bond donors (Lipinski definition) is 3. The first-order valence-corrected chi connectivity index (χ1v) is 29.3. The summed E-state index contributed by atoms with van der Waals surface area (Å²) in [4.78, 5) is 71.3. The van der Waals surface area contributed by atoms with Crippen LogP contribution in [0.5, 0.6) is 0 Å². The van der Waals surface area contributed by atoms with Crippen molar-refractivity contribution in [3.8, 4) is 0 Å². The van der Waals surface area contributed by atoms with Crippen LogP contribution in [0.25, 0.3) is 0 Å². The van der Waals surface area contributed by atoms with E-state index in [1.165, 1.54) is 0 Å². The minimum atomic E-state index is -3.71. The van der Waals surface area contributed by atoms with Crippen LogP contribution in [0.1, 0.15) is 55.7 Å². The Morgan fingerprint density at radius 1 is 0.689 bits per heavy atom. The number of carbonyl (C=O) groups is 4. The van der Waals surface area contributed by atoms with Crippen molar-refractivity contribution in [2.24, 2.45) is 5.92 Å². The van der Waals surface area contributed by atoms with Gasteiger partial charge in [0.15, 0.2) is 5.60 Å². The molecule has 11 rings (SSSR count). The third-order valence-corrected chi connectivity index (χ3v) is 19.5. The van der Waals surface area contributed by atoms with E-state index in [-0.39, 0.29) is 56.3 Å². The van der Waals surface area contributed by atoms with E-state index in [2.05, 4.69) is 32.6 Å². The Morgan fingerprint density at radius 3 is 1.73 bits per heavy atom. The first kappa shape index (κ1) is 49.8. The van der Waals surface area contributed by atoms with Crippen LogP contribution in [0.15, 0.2) is 133 Å². The number of ether oxygens (including phenoxy) is 1. The molecule has 0 aromatic heterocycles. The van der Waals surface area contributed by atoms with Gasteiger partial charge in [-0.15, -0.1) is 0 Å². The zero-order valence-corrected chi connectivity index (χ0v) is 43.6. The molecule has 5 fully saturated rings. The van der Waals surface area contributed by atoms with E-state index < -0.39 is 42.6 Å². The zero-order valence-electron chi connectivity index (χ0n) is 42.6. The van der Waals surface area contributed by atoms with Gasteiger partial charge in [-0.25, -0.2) is 0 Å². The number of nitrogens with zero attached hydrogens (tertiary/aromatic N) is 6. The average Bonchev–Trinajstić information content (AvgIpc) is 4.05. The van der Waals surface area contributed by atoms with Gasteiger partial charge >= 0.3 is 0 Å². The van der Waals surface area contributed by atoms with Crippen molar-refractivity contribution in [1.29, 1.82) is 0 Å². The van der Waals surface area contributed by atoms with Gasteiger partial charge in [-0.2, -0.15) is 0 Å². The Balaban J connectivity index is 0.951. The molecule has 16 heteroatoms. The summed E-state index contributed by atoms with van der Waals surface area (Å²) in [6.45, 7) is 8.93. The number of rotatable bonds is 13. The molecule has 6 aliphatic heterocycles. The maximum Gasteiger partial charge on any atom is 0.264 e. The van der Waals surface area contributed by atoms with Gasteiger partial charge in [0.05, 0.1) is 44.7 Å². The lowest BCUT2D eigenvalue weighted by Crippen LogP contribution is -2.55. The van der Waals surface area contributed by atoms with E-state index in [1.54, 1.807) is 22.9 Å². The number of benzene rings is 5. The van der Waals surface area contributed by atoms with Crippen molar-refractivity contribution in [2.45, 2.75) is 93.5 Å². The molecule has 74 heavy (non-hydrogen) atoms. The Labute approximate surface area is 434 Å². The Bertz CT molecular complexity index is 2880. The summed E-state index contributed by atoms with van der Waals surface area (Å²) in [7, 11) is -3.71. The molecule has 0 unspecified atom stereocenters. The van der Waals surface area contributed by atoms with Crippen LogP contribution in [-0.4, -0.2) is 112 Å². The molecule has 6 heterocycles. The molecule has 0 radical (unpaired) electrons. The Hall–Kier alpha value is -6.43. The average molecular weight is 1020 g/mol. The second-order valence-corrected chi connectivity index (χ2v) is 25.4. The van der Waals surface area contributed by atoms with Crippen molar-refractivity contribution >= 4 is 60.5 Å². The van der Waals surface area contributed by atoms with E-state index in [0.717, 1.165) is 41.3 Å². The molecule has 0 bridgehead atoms. The highest BCUT2D eigenvalue weighted by Crippen LogP contribution is 2.61. The third-order valence-electron chi connectivity index (χ3n) is 17.0. The van der Waals surface area contributed by atoms with Crippen molar-refractivity contribution in [3.63, 3.8) is 0 Å². The van der Waals surface area contributed by atoms with Gasteiger partial charge in [0.1, 0.15) is 11.1 Å². The number of nitrogens with one attached hydrogen (secondary N) is 2. The summed E-state index contributed by atoms with van der Waals surface area (Å²) in [5, 5.41) is 17.0. The van der Waals surface area contributed by atoms with Gasteiger partial charge in [0.2, 0.25) is 14.3 Å². The van der Waals surface area contributed by atoms with Crippen LogP contribution in [0.3, 0.4) is 0 Å². The van der Waals surface area contributed by atoms with Gasteiger partial charge in [-0.1, -0.05) is 85.8 Å². The highest BCUT2D eigenvalue weighted by Gasteiger charge is 2.67. The summed E-state index contributed by atoms with van der Waals surface area (Å²) >= 11 is 0. The summed E-state index contributed by atoms with van der Waals surface area (Å²) < 4.78 is 24.4. The normalized spacial score (nSPS) is 24.3. The number of para-hydroxylation sites is 2. The van der Waals surface area contributed by atoms with Gasteiger partial charge < -0.3 is 44.2 Å². The minimum Gasteiger partial charge on any atom is -0.395 e.